The molecule has 0 saturated heterocycles. The molecule has 1 aromatic carbocycles. The number of nitrogens with one attached hydrogen (secondary N) is 1. The molecule has 0 atom stereocenters. The Bertz CT molecular complexity index is 630. The summed E-state index contributed by atoms with van der Waals surface area (Å²) >= 11 is 0. The maximum Gasteiger partial charge on any atom is 0.338 e. The number of aromatic nitrogens is 1. The van der Waals surface area contributed by atoms with Crippen molar-refractivity contribution in [3.8, 4) is 0 Å². The molecule has 0 spiro atoms. The zero-order valence-electron chi connectivity index (χ0n) is 12.4. The zero-order chi connectivity index (χ0) is 15.4. The Morgan fingerprint density at radius 2 is 2.19 bits per heavy atom. The lowest BCUT2D eigenvalue weighted by atomic mass is 10.1. The van der Waals surface area contributed by atoms with Gasteiger partial charge >= 0.3 is 5.97 Å². The second kappa shape index (κ2) is 6.30. The van der Waals surface area contributed by atoms with Gasteiger partial charge in [-0.1, -0.05) is 0 Å². The first-order chi connectivity index (χ1) is 10.0. The van der Waals surface area contributed by atoms with Gasteiger partial charge in [-0.3, -0.25) is 0 Å². The summed E-state index contributed by atoms with van der Waals surface area (Å²) in [6.07, 6.45) is 0. The van der Waals surface area contributed by atoms with Crippen molar-refractivity contribution >= 4 is 17.3 Å². The van der Waals surface area contributed by atoms with Gasteiger partial charge < -0.3 is 20.2 Å². The summed E-state index contributed by atoms with van der Waals surface area (Å²) < 4.78 is 10.4. The van der Waals surface area contributed by atoms with Gasteiger partial charge in [0.05, 0.1) is 35.8 Å². The normalized spacial score (nSPS) is 10.4. The van der Waals surface area contributed by atoms with E-state index in [1.165, 1.54) is 0 Å². The fourth-order valence-electron chi connectivity index (χ4n) is 1.85. The molecule has 2 aromatic rings. The quantitative estimate of drug-likeness (QED) is 0.649. The molecule has 0 amide bonds. The van der Waals surface area contributed by atoms with Crippen LogP contribution in [-0.4, -0.2) is 17.6 Å². The summed E-state index contributed by atoms with van der Waals surface area (Å²) in [6, 6.07) is 5.00. The molecule has 6 nitrogen and oxygen atoms in total. The third-order valence-corrected chi connectivity index (χ3v) is 3.07. The first-order valence-electron chi connectivity index (χ1n) is 6.74. The zero-order valence-corrected chi connectivity index (χ0v) is 12.4. The predicted molar refractivity (Wildman–Crippen MR) is 80.1 cm³/mol. The van der Waals surface area contributed by atoms with Crippen molar-refractivity contribution in [3.05, 3.63) is 41.1 Å². The van der Waals surface area contributed by atoms with E-state index in [2.05, 4.69) is 10.3 Å². The minimum atomic E-state index is -0.380. The van der Waals surface area contributed by atoms with Gasteiger partial charge in [-0.15, -0.1) is 0 Å². The van der Waals surface area contributed by atoms with Crippen LogP contribution in [0.2, 0.25) is 0 Å². The van der Waals surface area contributed by atoms with E-state index >= 15 is 0 Å². The number of hydrogen-bond acceptors (Lipinski definition) is 6. The second-order valence-corrected chi connectivity index (χ2v) is 4.63. The lowest BCUT2D eigenvalue weighted by Crippen LogP contribution is -2.07. The van der Waals surface area contributed by atoms with E-state index in [0.29, 0.717) is 30.3 Å². The van der Waals surface area contributed by atoms with Gasteiger partial charge in [-0.25, -0.2) is 9.78 Å². The van der Waals surface area contributed by atoms with Gasteiger partial charge in [-0.2, -0.15) is 0 Å². The van der Waals surface area contributed by atoms with Crippen molar-refractivity contribution < 1.29 is 13.9 Å². The molecule has 6 heteroatoms. The number of aryl methyl sites for hydroxylation is 2. The van der Waals surface area contributed by atoms with E-state index < -0.39 is 0 Å². The van der Waals surface area contributed by atoms with Crippen LogP contribution in [0, 0.1) is 13.8 Å². The van der Waals surface area contributed by atoms with Crippen LogP contribution in [0.3, 0.4) is 0 Å². The number of benzene rings is 1. The molecule has 1 heterocycles. The number of rotatable bonds is 5. The first-order valence-corrected chi connectivity index (χ1v) is 6.74. The summed E-state index contributed by atoms with van der Waals surface area (Å²) in [5.41, 5.74) is 8.43. The number of nitrogens with zero attached hydrogens (tertiary/aromatic N) is 1. The number of esters is 1. The molecule has 0 aliphatic carbocycles. The molecule has 0 unspecified atom stereocenters. The Labute approximate surface area is 123 Å². The fraction of sp³-hybridized carbons (Fsp3) is 0.333. The molecule has 0 radical (unpaired) electrons. The van der Waals surface area contributed by atoms with Crippen LogP contribution in [0.5, 0.6) is 0 Å². The van der Waals surface area contributed by atoms with Gasteiger partial charge in [0.1, 0.15) is 5.76 Å². The van der Waals surface area contributed by atoms with E-state index in [9.17, 15) is 4.79 Å². The van der Waals surface area contributed by atoms with E-state index in [0.717, 1.165) is 17.1 Å². The highest BCUT2D eigenvalue weighted by molar-refractivity contribution is 5.91. The van der Waals surface area contributed by atoms with E-state index in [1.807, 2.05) is 13.8 Å². The van der Waals surface area contributed by atoms with Gasteiger partial charge in [0, 0.05) is 0 Å². The van der Waals surface area contributed by atoms with Gasteiger partial charge in [0.25, 0.3) is 0 Å². The van der Waals surface area contributed by atoms with Crippen molar-refractivity contribution in [2.45, 2.75) is 27.3 Å². The summed E-state index contributed by atoms with van der Waals surface area (Å²) in [5.74, 6) is 1.02. The monoisotopic (exact) mass is 289 g/mol. The number of nitrogen functional groups attached to an aromatic ring is 1. The van der Waals surface area contributed by atoms with Crippen LogP contribution in [0.1, 0.15) is 34.6 Å². The van der Waals surface area contributed by atoms with Crippen molar-refractivity contribution in [2.75, 3.05) is 17.7 Å². The molecule has 21 heavy (non-hydrogen) atoms. The molecule has 2 rings (SSSR count). The average Bonchev–Trinajstić information content (AvgIpc) is 2.76. The molecule has 1 aromatic heterocycles. The van der Waals surface area contributed by atoms with Crippen LogP contribution < -0.4 is 11.1 Å². The van der Waals surface area contributed by atoms with Crippen molar-refractivity contribution in [1.82, 2.24) is 4.98 Å². The molecule has 3 N–H and O–H groups in total. The summed E-state index contributed by atoms with van der Waals surface area (Å²) in [6.45, 7) is 6.29. The molecule has 0 aliphatic rings. The van der Waals surface area contributed by atoms with Gasteiger partial charge in [-0.05, 0) is 39.0 Å². The number of hydrogen-bond donors (Lipinski definition) is 2. The third-order valence-electron chi connectivity index (χ3n) is 3.07. The number of anilines is 2. The highest BCUT2D eigenvalue weighted by atomic mass is 16.5. The van der Waals surface area contributed by atoms with Crippen LogP contribution in [0.4, 0.5) is 11.4 Å². The smallest absolute Gasteiger partial charge is 0.338 e. The van der Waals surface area contributed by atoms with E-state index in [-0.39, 0.29) is 5.97 Å². The Balaban J connectivity index is 2.05. The standard InChI is InChI=1S/C15H19N3O3/c1-4-20-15(19)11-5-6-13(12(16)7-11)17-8-14-18-9(2)10(3)21-14/h5-7,17H,4,8,16H2,1-3H3. The average molecular weight is 289 g/mol. The lowest BCUT2D eigenvalue weighted by molar-refractivity contribution is 0.0526. The Hall–Kier alpha value is -2.50. The molecule has 0 bridgehead atoms. The highest BCUT2D eigenvalue weighted by Gasteiger charge is 2.10. The molecule has 0 aliphatic heterocycles. The minimum absolute atomic E-state index is 0.335. The number of carbonyl (C=O) groups is 1. The van der Waals surface area contributed by atoms with Gasteiger partial charge in [0.15, 0.2) is 0 Å². The predicted octanol–water partition coefficient (Wildman–Crippen LogP) is 2.66. The molecular weight excluding hydrogens is 270 g/mol. The van der Waals surface area contributed by atoms with Crippen molar-refractivity contribution in [2.24, 2.45) is 0 Å². The largest absolute Gasteiger partial charge is 0.462 e. The highest BCUT2D eigenvalue weighted by Crippen LogP contribution is 2.21. The second-order valence-electron chi connectivity index (χ2n) is 4.63. The van der Waals surface area contributed by atoms with Gasteiger partial charge in [0.2, 0.25) is 5.89 Å². The Morgan fingerprint density at radius 3 is 2.76 bits per heavy atom. The maximum atomic E-state index is 11.6. The fourth-order valence-corrected chi connectivity index (χ4v) is 1.85. The Morgan fingerprint density at radius 1 is 1.43 bits per heavy atom. The SMILES string of the molecule is CCOC(=O)c1ccc(NCc2nc(C)c(C)o2)c(N)c1. The summed E-state index contributed by atoms with van der Waals surface area (Å²) in [4.78, 5) is 15.9. The number of carbonyl (C=O) groups excluding carboxylic acids is 1. The topological polar surface area (TPSA) is 90.4 Å². The minimum Gasteiger partial charge on any atom is -0.462 e. The first kappa shape index (κ1) is 14.9. The summed E-state index contributed by atoms with van der Waals surface area (Å²) in [7, 11) is 0. The molecule has 112 valence electrons. The van der Waals surface area contributed by atoms with Crippen molar-refractivity contribution in [1.29, 1.82) is 0 Å². The van der Waals surface area contributed by atoms with E-state index in [1.54, 1.807) is 25.1 Å². The van der Waals surface area contributed by atoms with Crippen LogP contribution in [0.25, 0.3) is 0 Å². The molecule has 0 fully saturated rings. The lowest BCUT2D eigenvalue weighted by Gasteiger charge is -2.09. The third kappa shape index (κ3) is 3.53. The Kier molecular flexibility index (Phi) is 4.47. The molecular formula is C15H19N3O3. The molecule has 0 saturated carbocycles. The van der Waals surface area contributed by atoms with Crippen LogP contribution in [0.15, 0.2) is 22.6 Å². The number of ether oxygens (including phenoxy) is 1. The summed E-state index contributed by atoms with van der Waals surface area (Å²) in [5, 5.41) is 3.13. The van der Waals surface area contributed by atoms with E-state index in [4.69, 9.17) is 14.9 Å². The number of oxazole rings is 1. The van der Waals surface area contributed by atoms with Crippen LogP contribution >= 0.6 is 0 Å². The maximum absolute atomic E-state index is 11.6. The number of nitrogens with two attached hydrogens (primary N) is 1. The van der Waals surface area contributed by atoms with Crippen molar-refractivity contribution in [3.63, 3.8) is 0 Å². The van der Waals surface area contributed by atoms with Crippen LogP contribution in [-0.2, 0) is 11.3 Å².